The molecule has 2 aliphatic heterocycles. The van der Waals surface area contributed by atoms with E-state index in [0.717, 1.165) is 11.1 Å². The number of hydrogen-bond acceptors (Lipinski definition) is 4. The van der Waals surface area contributed by atoms with Gasteiger partial charge in [0.05, 0.1) is 6.54 Å². The molecule has 172 valence electrons. The minimum absolute atomic E-state index is 0.0770. The average Bonchev–Trinajstić information content (AvgIpc) is 2.66. The molecule has 0 spiro atoms. The van der Waals surface area contributed by atoms with Gasteiger partial charge in [0.2, 0.25) is 0 Å². The van der Waals surface area contributed by atoms with Crippen molar-refractivity contribution in [3.63, 3.8) is 0 Å². The molecule has 2 aromatic carbocycles. The van der Waals surface area contributed by atoms with E-state index in [1.54, 1.807) is 45.0 Å². The highest BCUT2D eigenvalue weighted by atomic mass is 19.4. The second-order valence-corrected chi connectivity index (χ2v) is 10.1. The van der Waals surface area contributed by atoms with Gasteiger partial charge in [-0.3, -0.25) is 4.79 Å². The van der Waals surface area contributed by atoms with E-state index in [0.29, 0.717) is 22.6 Å². The smallest absolute Gasteiger partial charge is 0.419 e. The molecule has 0 aliphatic carbocycles. The third-order valence-corrected chi connectivity index (χ3v) is 6.62. The Balaban J connectivity index is 1.71. The summed E-state index contributed by atoms with van der Waals surface area (Å²) >= 11 is 0. The number of benzene rings is 2. The van der Waals surface area contributed by atoms with Crippen molar-refractivity contribution in [2.75, 3.05) is 18.0 Å². The quantitative estimate of drug-likeness (QED) is 0.689. The number of fused-ring (bicyclic) bond motifs is 2. The highest BCUT2D eigenvalue weighted by molar-refractivity contribution is 6.06. The Bertz CT molecular complexity index is 1090. The minimum atomic E-state index is -4.89. The van der Waals surface area contributed by atoms with Crippen LogP contribution in [0.5, 0.6) is 5.75 Å². The summed E-state index contributed by atoms with van der Waals surface area (Å²) in [5.74, 6) is 0.465. The van der Waals surface area contributed by atoms with E-state index < -0.39 is 35.8 Å². The van der Waals surface area contributed by atoms with Crippen molar-refractivity contribution in [3.05, 3.63) is 58.7 Å². The predicted octanol–water partition coefficient (Wildman–Crippen LogP) is 5.32. The fraction of sp³-hybridized carbons (Fsp3) is 0.480. The summed E-state index contributed by atoms with van der Waals surface area (Å²) in [6.07, 6.45) is -5.54. The Morgan fingerprint density at radius 2 is 1.78 bits per heavy atom. The van der Waals surface area contributed by atoms with E-state index in [1.165, 1.54) is 4.90 Å². The van der Waals surface area contributed by atoms with Gasteiger partial charge in [0, 0.05) is 35.2 Å². The van der Waals surface area contributed by atoms with Crippen LogP contribution in [0.25, 0.3) is 0 Å². The number of Topliss-reactive ketones (excluding diaryl/α,β-unsaturated/α-hetero) is 1. The summed E-state index contributed by atoms with van der Waals surface area (Å²) in [7, 11) is 0. The van der Waals surface area contributed by atoms with E-state index in [-0.39, 0.29) is 12.3 Å². The van der Waals surface area contributed by atoms with E-state index in [9.17, 15) is 23.1 Å². The Morgan fingerprint density at radius 3 is 2.44 bits per heavy atom. The number of carbonyl (C=O) groups is 1. The van der Waals surface area contributed by atoms with Gasteiger partial charge in [0.15, 0.2) is 11.4 Å². The average molecular weight is 447 g/mol. The molecule has 0 bridgehead atoms. The molecule has 4 nitrogen and oxygen atoms in total. The normalized spacial score (nSPS) is 23.5. The maximum absolute atomic E-state index is 14.3. The lowest BCUT2D eigenvalue weighted by Crippen LogP contribution is -2.61. The molecule has 2 heterocycles. The highest BCUT2D eigenvalue weighted by Crippen LogP contribution is 2.53. The number of β-amino-alcohol motifs (C(OH)–C–C–N with tert-alkyl or cyclic N) is 1. The van der Waals surface area contributed by atoms with Crippen LogP contribution in [0.15, 0.2) is 36.4 Å². The fourth-order valence-corrected chi connectivity index (χ4v) is 5.05. The zero-order valence-electron chi connectivity index (χ0n) is 18.9. The van der Waals surface area contributed by atoms with Gasteiger partial charge in [-0.25, -0.2) is 0 Å². The molecule has 0 radical (unpaired) electrons. The number of aliphatic hydroxyl groups is 1. The Labute approximate surface area is 186 Å². The molecule has 32 heavy (non-hydrogen) atoms. The van der Waals surface area contributed by atoms with Crippen molar-refractivity contribution in [1.82, 2.24) is 0 Å². The fourth-order valence-electron chi connectivity index (χ4n) is 5.05. The molecule has 0 saturated carbocycles. The summed E-state index contributed by atoms with van der Waals surface area (Å²) in [6.45, 7) is 8.13. The van der Waals surface area contributed by atoms with Crippen LogP contribution in [-0.4, -0.2) is 35.8 Å². The third kappa shape index (κ3) is 3.47. The first-order valence-electron chi connectivity index (χ1n) is 10.7. The van der Waals surface area contributed by atoms with Crippen molar-refractivity contribution in [2.24, 2.45) is 5.41 Å². The molecule has 2 unspecified atom stereocenters. The maximum Gasteiger partial charge on any atom is 0.419 e. The molecule has 0 aromatic heterocycles. The number of para-hydroxylation sites is 1. The zero-order valence-corrected chi connectivity index (χ0v) is 18.9. The summed E-state index contributed by atoms with van der Waals surface area (Å²) in [6, 6.07) is 10.4. The monoisotopic (exact) mass is 447 g/mol. The first-order valence-corrected chi connectivity index (χ1v) is 10.7. The van der Waals surface area contributed by atoms with Crippen LogP contribution < -0.4 is 9.64 Å². The summed E-state index contributed by atoms with van der Waals surface area (Å²) in [5.41, 5.74) is -1.94. The molecule has 1 N–H and O–H groups in total. The second-order valence-electron chi connectivity index (χ2n) is 10.1. The minimum Gasteiger partial charge on any atom is -0.482 e. The van der Waals surface area contributed by atoms with Crippen LogP contribution in [-0.2, 0) is 5.60 Å². The number of hydrogen-bond donors (Lipinski definition) is 1. The molecule has 0 saturated heterocycles. The highest BCUT2D eigenvalue weighted by Gasteiger charge is 2.61. The van der Waals surface area contributed by atoms with Gasteiger partial charge < -0.3 is 14.7 Å². The maximum atomic E-state index is 14.3. The lowest BCUT2D eigenvalue weighted by atomic mass is 9.76. The van der Waals surface area contributed by atoms with E-state index in [2.05, 4.69) is 0 Å². The topological polar surface area (TPSA) is 49.8 Å². The first kappa shape index (κ1) is 22.6. The molecular formula is C25H28F3NO3. The summed E-state index contributed by atoms with van der Waals surface area (Å²) < 4.78 is 48.8. The van der Waals surface area contributed by atoms with Crippen LogP contribution in [0.1, 0.15) is 54.2 Å². The summed E-state index contributed by atoms with van der Waals surface area (Å²) in [5, 5.41) is 11.1. The molecule has 2 aliphatic rings. The largest absolute Gasteiger partial charge is 0.482 e. The van der Waals surface area contributed by atoms with Crippen LogP contribution >= 0.6 is 0 Å². The lowest BCUT2D eigenvalue weighted by Gasteiger charge is -2.49. The van der Waals surface area contributed by atoms with Gasteiger partial charge in [-0.1, -0.05) is 37.6 Å². The van der Waals surface area contributed by atoms with Crippen molar-refractivity contribution < 1.29 is 27.8 Å². The van der Waals surface area contributed by atoms with Gasteiger partial charge in [-0.05, 0) is 44.5 Å². The molecule has 4 rings (SSSR count). The number of anilines is 1. The molecular weight excluding hydrogens is 419 g/mol. The van der Waals surface area contributed by atoms with Gasteiger partial charge in [0.25, 0.3) is 0 Å². The Morgan fingerprint density at radius 1 is 1.12 bits per heavy atom. The molecule has 0 fully saturated rings. The molecule has 2 atom stereocenters. The summed E-state index contributed by atoms with van der Waals surface area (Å²) in [4.78, 5) is 14.3. The molecule has 2 aromatic rings. The number of rotatable bonds is 4. The van der Waals surface area contributed by atoms with Gasteiger partial charge in [-0.2, -0.15) is 13.2 Å². The number of alkyl halides is 3. The van der Waals surface area contributed by atoms with Gasteiger partial charge >= 0.3 is 6.18 Å². The van der Waals surface area contributed by atoms with Crippen molar-refractivity contribution in [2.45, 2.75) is 58.4 Å². The predicted molar refractivity (Wildman–Crippen MR) is 116 cm³/mol. The zero-order chi connectivity index (χ0) is 23.7. The van der Waals surface area contributed by atoms with E-state index in [4.69, 9.17) is 4.74 Å². The number of carbonyl (C=O) groups excluding carboxylic acids is 1. The van der Waals surface area contributed by atoms with Crippen molar-refractivity contribution in [3.8, 4) is 5.75 Å². The Hall–Kier alpha value is -2.54. The van der Waals surface area contributed by atoms with Crippen LogP contribution in [0.4, 0.5) is 18.9 Å². The van der Waals surface area contributed by atoms with Gasteiger partial charge in [-0.15, -0.1) is 0 Å². The Kier molecular flexibility index (Phi) is 4.94. The number of ether oxygens (including phenoxy) is 1. The van der Waals surface area contributed by atoms with Gasteiger partial charge in [0.1, 0.15) is 11.4 Å². The van der Waals surface area contributed by atoms with Crippen molar-refractivity contribution >= 4 is 11.5 Å². The van der Waals surface area contributed by atoms with E-state index >= 15 is 0 Å². The third-order valence-electron chi connectivity index (χ3n) is 6.62. The standard InChI is InChI=1S/C25H28F3NO3/c1-15-10-16(2)20-18(11-15)23(5,32-20)12-24(31,25(26,27)28)14-29-13-22(3,4)21(30)17-8-6-7-9-19(17)29/h6-11,31H,12-14H2,1-5H3. The molecule has 7 heteroatoms. The van der Waals surface area contributed by atoms with Crippen LogP contribution in [0.3, 0.4) is 0 Å². The number of nitrogens with zero attached hydrogens (tertiary/aromatic N) is 1. The number of aryl methyl sites for hydroxylation is 2. The first-order chi connectivity index (χ1) is 14.7. The number of halogens is 3. The van der Waals surface area contributed by atoms with Crippen molar-refractivity contribution in [1.29, 1.82) is 0 Å². The molecule has 0 amide bonds. The lowest BCUT2D eigenvalue weighted by molar-refractivity contribution is -0.272. The number of ketones is 1. The SMILES string of the molecule is Cc1cc(C)c2c(c1)C(C)(CC(O)(CN1CC(C)(C)C(=O)c3ccccc31)C(F)(F)F)O2. The van der Waals surface area contributed by atoms with Crippen LogP contribution in [0, 0.1) is 19.3 Å². The second kappa shape index (κ2) is 6.98. The van der Waals surface area contributed by atoms with E-state index in [1.807, 2.05) is 26.0 Å². The van der Waals surface area contributed by atoms with Crippen LogP contribution in [0.2, 0.25) is 0 Å².